The van der Waals surface area contributed by atoms with Crippen molar-refractivity contribution in [3.8, 4) is 12.3 Å². The highest BCUT2D eigenvalue weighted by Gasteiger charge is 2.36. The standard InChI is InChI=1S/C26H39N3O4S/c1-8-11-17-27-23(30)22(20-15-13-12-14-19(20)9-2)29(10-3)24(31)21(16-18-34-7)28-25(32)33-26(4,5)6/h2,12-15,21-22H,8,10-11,16-18H2,1,3-7H3,(H,27,30)(H,28,32). The van der Waals surface area contributed by atoms with E-state index in [1.807, 2.05) is 20.1 Å². The number of nitrogens with one attached hydrogen (secondary N) is 2. The minimum absolute atomic E-state index is 0.259. The maximum Gasteiger partial charge on any atom is 0.408 e. The smallest absolute Gasteiger partial charge is 0.408 e. The van der Waals surface area contributed by atoms with E-state index in [1.165, 1.54) is 4.90 Å². The average Bonchev–Trinajstić information content (AvgIpc) is 2.78. The number of unbranched alkanes of at least 4 members (excludes halogenated alkanes) is 1. The third kappa shape index (κ3) is 9.30. The van der Waals surface area contributed by atoms with Gasteiger partial charge >= 0.3 is 6.09 Å². The van der Waals surface area contributed by atoms with E-state index in [0.717, 1.165) is 12.8 Å². The van der Waals surface area contributed by atoms with E-state index in [-0.39, 0.29) is 18.4 Å². The first-order valence-corrected chi connectivity index (χ1v) is 13.1. The van der Waals surface area contributed by atoms with Crippen molar-refractivity contribution < 1.29 is 19.1 Å². The highest BCUT2D eigenvalue weighted by Crippen LogP contribution is 2.26. The predicted molar refractivity (Wildman–Crippen MR) is 139 cm³/mol. The molecule has 2 atom stereocenters. The van der Waals surface area contributed by atoms with Gasteiger partial charge in [-0.25, -0.2) is 4.79 Å². The Bertz CT molecular complexity index is 860. The van der Waals surface area contributed by atoms with Gasteiger partial charge in [-0.15, -0.1) is 6.42 Å². The summed E-state index contributed by atoms with van der Waals surface area (Å²) >= 11 is 1.57. The lowest BCUT2D eigenvalue weighted by Crippen LogP contribution is -2.53. The number of carbonyl (C=O) groups excluding carboxylic acids is 3. The Hall–Kier alpha value is -2.66. The first-order chi connectivity index (χ1) is 16.1. The van der Waals surface area contributed by atoms with Gasteiger partial charge in [0.2, 0.25) is 11.8 Å². The number of rotatable bonds is 12. The van der Waals surface area contributed by atoms with Gasteiger partial charge in [0.25, 0.3) is 0 Å². The molecular formula is C26H39N3O4S. The topological polar surface area (TPSA) is 87.7 Å². The first kappa shape index (κ1) is 29.4. The number of alkyl carbamates (subject to hydrolysis) is 1. The van der Waals surface area contributed by atoms with Gasteiger partial charge < -0.3 is 20.3 Å². The van der Waals surface area contributed by atoms with Crippen LogP contribution < -0.4 is 10.6 Å². The first-order valence-electron chi connectivity index (χ1n) is 11.7. The number of hydrogen-bond acceptors (Lipinski definition) is 5. The van der Waals surface area contributed by atoms with Gasteiger partial charge in [-0.1, -0.05) is 37.5 Å². The van der Waals surface area contributed by atoms with Crippen molar-refractivity contribution in [1.82, 2.24) is 15.5 Å². The Morgan fingerprint density at radius 3 is 2.44 bits per heavy atom. The number of benzene rings is 1. The third-order valence-corrected chi connectivity index (χ3v) is 5.67. The second kappa shape index (κ2) is 14.6. The molecule has 7 nitrogen and oxygen atoms in total. The summed E-state index contributed by atoms with van der Waals surface area (Å²) in [5, 5.41) is 5.65. The molecule has 34 heavy (non-hydrogen) atoms. The summed E-state index contributed by atoms with van der Waals surface area (Å²) in [4.78, 5) is 41.1. The van der Waals surface area contributed by atoms with E-state index in [1.54, 1.807) is 56.8 Å². The van der Waals surface area contributed by atoms with Gasteiger partial charge in [0.15, 0.2) is 0 Å². The molecule has 0 aliphatic rings. The lowest BCUT2D eigenvalue weighted by atomic mass is 9.97. The van der Waals surface area contributed by atoms with Crippen molar-refractivity contribution in [2.45, 2.75) is 71.6 Å². The molecule has 8 heteroatoms. The van der Waals surface area contributed by atoms with Crippen LogP contribution in [0.15, 0.2) is 24.3 Å². The van der Waals surface area contributed by atoms with Crippen molar-refractivity contribution in [3.63, 3.8) is 0 Å². The summed E-state index contributed by atoms with van der Waals surface area (Å²) in [6.45, 7) is 9.89. The SMILES string of the molecule is C#Cc1ccccc1C(C(=O)NCCCC)N(CC)C(=O)C(CCSC)NC(=O)OC(C)(C)C. The van der Waals surface area contributed by atoms with Crippen molar-refractivity contribution in [2.24, 2.45) is 0 Å². The molecule has 2 unspecified atom stereocenters. The molecule has 0 aliphatic carbocycles. The Morgan fingerprint density at radius 1 is 1.21 bits per heavy atom. The van der Waals surface area contributed by atoms with Crippen molar-refractivity contribution in [1.29, 1.82) is 0 Å². The lowest BCUT2D eigenvalue weighted by Gasteiger charge is -2.34. The second-order valence-electron chi connectivity index (χ2n) is 8.88. The summed E-state index contributed by atoms with van der Waals surface area (Å²) in [6, 6.07) is 5.36. The molecule has 0 fully saturated rings. The fourth-order valence-electron chi connectivity index (χ4n) is 3.41. The van der Waals surface area contributed by atoms with Crippen LogP contribution in [0.3, 0.4) is 0 Å². The van der Waals surface area contributed by atoms with Crippen LogP contribution in [-0.4, -0.2) is 59.5 Å². The van der Waals surface area contributed by atoms with Gasteiger partial charge in [-0.3, -0.25) is 9.59 Å². The Morgan fingerprint density at radius 2 is 1.88 bits per heavy atom. The molecule has 0 aliphatic heterocycles. The Balaban J connectivity index is 3.36. The van der Waals surface area contributed by atoms with Gasteiger partial charge in [0.05, 0.1) is 0 Å². The van der Waals surface area contributed by atoms with Crippen LogP contribution >= 0.6 is 11.8 Å². The maximum atomic E-state index is 13.7. The van der Waals surface area contributed by atoms with E-state index < -0.39 is 23.8 Å². The quantitative estimate of drug-likeness (QED) is 0.341. The molecule has 1 aromatic rings. The minimum Gasteiger partial charge on any atom is -0.444 e. The largest absolute Gasteiger partial charge is 0.444 e. The van der Waals surface area contributed by atoms with Gasteiger partial charge in [-0.05, 0) is 64.2 Å². The number of nitrogens with zero attached hydrogens (tertiary/aromatic N) is 1. The number of carbonyl (C=O) groups is 3. The summed E-state index contributed by atoms with van der Waals surface area (Å²) in [5.74, 6) is 2.62. The molecular weight excluding hydrogens is 450 g/mol. The molecule has 0 saturated heterocycles. The molecule has 0 saturated carbocycles. The molecule has 0 heterocycles. The minimum atomic E-state index is -0.918. The average molecular weight is 490 g/mol. The molecule has 0 bridgehead atoms. The van der Waals surface area contributed by atoms with Crippen LogP contribution in [0.2, 0.25) is 0 Å². The zero-order valence-corrected chi connectivity index (χ0v) is 22.1. The predicted octanol–water partition coefficient (Wildman–Crippen LogP) is 4.12. The van der Waals surface area contributed by atoms with Crippen LogP contribution in [0.4, 0.5) is 4.79 Å². The number of amides is 3. The van der Waals surface area contributed by atoms with Crippen LogP contribution in [0.5, 0.6) is 0 Å². The van der Waals surface area contributed by atoms with E-state index in [9.17, 15) is 14.4 Å². The van der Waals surface area contributed by atoms with Crippen LogP contribution in [0.1, 0.15) is 71.0 Å². The number of likely N-dealkylation sites (N-methyl/N-ethyl adjacent to an activating group) is 1. The van der Waals surface area contributed by atoms with Crippen LogP contribution in [0.25, 0.3) is 0 Å². The number of hydrogen-bond donors (Lipinski definition) is 2. The number of thioether (sulfide) groups is 1. The van der Waals surface area contributed by atoms with Gasteiger partial charge in [0.1, 0.15) is 17.7 Å². The fourth-order valence-corrected chi connectivity index (χ4v) is 3.88. The van der Waals surface area contributed by atoms with Crippen molar-refractivity contribution in [2.75, 3.05) is 25.1 Å². The molecule has 3 amide bonds. The van der Waals surface area contributed by atoms with E-state index in [4.69, 9.17) is 11.2 Å². The van der Waals surface area contributed by atoms with E-state index >= 15 is 0 Å². The zero-order chi connectivity index (χ0) is 25.7. The second-order valence-corrected chi connectivity index (χ2v) is 9.87. The summed E-state index contributed by atoms with van der Waals surface area (Å²) in [5.41, 5.74) is 0.426. The van der Waals surface area contributed by atoms with E-state index in [0.29, 0.717) is 29.8 Å². The summed E-state index contributed by atoms with van der Waals surface area (Å²) in [6.07, 6.45) is 9.13. The fraction of sp³-hybridized carbons (Fsp3) is 0.577. The highest BCUT2D eigenvalue weighted by atomic mass is 32.2. The summed E-state index contributed by atoms with van der Waals surface area (Å²) < 4.78 is 5.37. The maximum absolute atomic E-state index is 13.7. The lowest BCUT2D eigenvalue weighted by molar-refractivity contribution is -0.142. The molecule has 0 radical (unpaired) electrons. The molecule has 1 aromatic carbocycles. The number of terminal acetylenes is 1. The Labute approximate surface area is 208 Å². The van der Waals surface area contributed by atoms with Crippen LogP contribution in [0, 0.1) is 12.3 Å². The van der Waals surface area contributed by atoms with E-state index in [2.05, 4.69) is 16.6 Å². The van der Waals surface area contributed by atoms with Crippen molar-refractivity contribution in [3.05, 3.63) is 35.4 Å². The third-order valence-electron chi connectivity index (χ3n) is 5.02. The van der Waals surface area contributed by atoms with Gasteiger partial charge in [0, 0.05) is 18.7 Å². The number of ether oxygens (including phenoxy) is 1. The highest BCUT2D eigenvalue weighted by molar-refractivity contribution is 7.98. The zero-order valence-electron chi connectivity index (χ0n) is 21.3. The summed E-state index contributed by atoms with van der Waals surface area (Å²) in [7, 11) is 0. The Kier molecular flexibility index (Phi) is 12.6. The van der Waals surface area contributed by atoms with Gasteiger partial charge in [-0.2, -0.15) is 11.8 Å². The molecule has 1 rings (SSSR count). The molecule has 2 N–H and O–H groups in total. The normalized spacial score (nSPS) is 12.7. The van der Waals surface area contributed by atoms with Crippen molar-refractivity contribution >= 4 is 29.7 Å². The monoisotopic (exact) mass is 489 g/mol. The molecule has 0 aromatic heterocycles. The molecule has 0 spiro atoms. The van der Waals surface area contributed by atoms with Crippen LogP contribution in [-0.2, 0) is 14.3 Å². The molecule has 188 valence electrons.